The summed E-state index contributed by atoms with van der Waals surface area (Å²) in [4.78, 5) is 19.9. The molecule has 0 saturated carbocycles. The van der Waals surface area contributed by atoms with Gasteiger partial charge in [-0.15, -0.1) is 11.3 Å². The fraction of sp³-hybridized carbons (Fsp3) is 0.273. The number of halogens is 2. The molecule has 0 atom stereocenters. The van der Waals surface area contributed by atoms with Gasteiger partial charge >= 0.3 is 0 Å². The van der Waals surface area contributed by atoms with Crippen LogP contribution in [0.3, 0.4) is 0 Å². The zero-order chi connectivity index (χ0) is 20.4. The fourth-order valence-corrected chi connectivity index (χ4v) is 4.54. The molecule has 7 heteroatoms. The van der Waals surface area contributed by atoms with Gasteiger partial charge in [-0.25, -0.2) is 13.8 Å². The number of aryl methyl sites for hydroxylation is 1. The number of nitrogens with zero attached hydrogens (tertiary/aromatic N) is 2. The lowest BCUT2D eigenvalue weighted by Crippen LogP contribution is -2.22. The zero-order valence-electron chi connectivity index (χ0n) is 16.0. The number of nitrogens with one attached hydrogen (secondary N) is 1. The summed E-state index contributed by atoms with van der Waals surface area (Å²) in [5.41, 5.74) is 2.44. The highest BCUT2D eigenvalue weighted by Crippen LogP contribution is 2.32. The fourth-order valence-electron chi connectivity index (χ4n) is 3.54. The third-order valence-electron chi connectivity index (χ3n) is 4.99. The van der Waals surface area contributed by atoms with Crippen LogP contribution in [0.1, 0.15) is 38.8 Å². The molecule has 1 aliphatic heterocycles. The van der Waals surface area contributed by atoms with Crippen molar-refractivity contribution in [2.45, 2.75) is 26.2 Å². The first-order valence-corrected chi connectivity index (χ1v) is 10.4. The third-order valence-corrected chi connectivity index (χ3v) is 6.15. The quantitative estimate of drug-likeness (QED) is 0.627. The Labute approximate surface area is 172 Å². The van der Waals surface area contributed by atoms with Crippen molar-refractivity contribution in [3.8, 4) is 0 Å². The second-order valence-electron chi connectivity index (χ2n) is 7.11. The van der Waals surface area contributed by atoms with E-state index in [1.165, 1.54) is 29.5 Å². The van der Waals surface area contributed by atoms with Crippen molar-refractivity contribution >= 4 is 28.6 Å². The number of rotatable bonds is 5. The van der Waals surface area contributed by atoms with Gasteiger partial charge < -0.3 is 10.2 Å². The van der Waals surface area contributed by atoms with E-state index < -0.39 is 5.82 Å². The van der Waals surface area contributed by atoms with E-state index in [1.54, 1.807) is 25.1 Å². The summed E-state index contributed by atoms with van der Waals surface area (Å²) in [7, 11) is 0. The lowest BCUT2D eigenvalue weighted by Gasteiger charge is -2.21. The van der Waals surface area contributed by atoms with Crippen LogP contribution in [0.25, 0.3) is 0 Å². The number of para-hydroxylation sites is 1. The smallest absolute Gasteiger partial charge is 0.267 e. The number of thiazole rings is 1. The molecule has 1 saturated heterocycles. The number of aromatic nitrogens is 1. The highest BCUT2D eigenvalue weighted by Gasteiger charge is 2.22. The maximum absolute atomic E-state index is 14.5. The number of amides is 1. The largest absolute Gasteiger partial charge is 0.370 e. The molecule has 1 amide bonds. The summed E-state index contributed by atoms with van der Waals surface area (Å²) in [6.07, 6.45) is 2.63. The van der Waals surface area contributed by atoms with E-state index in [0.29, 0.717) is 22.7 Å². The molecule has 0 bridgehead atoms. The number of carbonyl (C=O) groups is 1. The number of carbonyl (C=O) groups excluding carboxylic acids is 1. The SMILES string of the molecule is Cc1nc(Cc2ccc(F)cc2)sc1C(=O)Nc1c(F)cccc1N1CCCC1. The first-order chi connectivity index (χ1) is 14.0. The van der Waals surface area contributed by atoms with E-state index in [-0.39, 0.29) is 17.4 Å². The lowest BCUT2D eigenvalue weighted by atomic mass is 10.1. The molecule has 29 heavy (non-hydrogen) atoms. The monoisotopic (exact) mass is 413 g/mol. The minimum Gasteiger partial charge on any atom is -0.370 e. The summed E-state index contributed by atoms with van der Waals surface area (Å²) in [6, 6.07) is 11.1. The van der Waals surface area contributed by atoms with Crippen LogP contribution < -0.4 is 10.2 Å². The maximum atomic E-state index is 14.5. The van der Waals surface area contributed by atoms with Crippen molar-refractivity contribution in [1.82, 2.24) is 4.98 Å². The lowest BCUT2D eigenvalue weighted by molar-refractivity contribution is 0.102. The average molecular weight is 413 g/mol. The molecule has 150 valence electrons. The van der Waals surface area contributed by atoms with E-state index >= 15 is 0 Å². The minimum atomic E-state index is -0.448. The molecule has 1 aliphatic rings. The van der Waals surface area contributed by atoms with Crippen LogP contribution >= 0.6 is 11.3 Å². The maximum Gasteiger partial charge on any atom is 0.267 e. The van der Waals surface area contributed by atoms with Crippen molar-refractivity contribution < 1.29 is 13.6 Å². The number of hydrogen-bond donors (Lipinski definition) is 1. The van der Waals surface area contributed by atoms with E-state index in [1.807, 2.05) is 6.07 Å². The standard InChI is InChI=1S/C22H21F2N3OS/c1-14-21(29-19(25-14)13-15-7-9-16(23)10-8-15)22(28)26-20-17(24)5-4-6-18(20)27-11-2-3-12-27/h4-10H,2-3,11-13H2,1H3,(H,26,28). The van der Waals surface area contributed by atoms with Gasteiger partial charge in [0.1, 0.15) is 22.2 Å². The normalized spacial score (nSPS) is 13.7. The van der Waals surface area contributed by atoms with Gasteiger partial charge in [-0.05, 0) is 49.6 Å². The Balaban J connectivity index is 1.55. The first kappa shape index (κ1) is 19.5. The summed E-state index contributed by atoms with van der Waals surface area (Å²) in [6.45, 7) is 3.48. The van der Waals surface area contributed by atoms with E-state index in [0.717, 1.165) is 36.5 Å². The van der Waals surface area contributed by atoms with Gasteiger partial charge in [0.25, 0.3) is 5.91 Å². The number of anilines is 2. The van der Waals surface area contributed by atoms with Crippen molar-refractivity contribution in [2.24, 2.45) is 0 Å². The summed E-state index contributed by atoms with van der Waals surface area (Å²) in [5.74, 6) is -1.10. The molecule has 2 heterocycles. The first-order valence-electron chi connectivity index (χ1n) is 9.57. The Morgan fingerprint density at radius 1 is 1.14 bits per heavy atom. The second kappa shape index (κ2) is 8.29. The van der Waals surface area contributed by atoms with Gasteiger partial charge in [0.15, 0.2) is 0 Å². The van der Waals surface area contributed by atoms with Crippen LogP contribution in [0.4, 0.5) is 20.2 Å². The number of benzene rings is 2. The van der Waals surface area contributed by atoms with Crippen LogP contribution in [0.2, 0.25) is 0 Å². The third kappa shape index (κ3) is 4.29. The van der Waals surface area contributed by atoms with Crippen LogP contribution in [0.5, 0.6) is 0 Å². The predicted molar refractivity (Wildman–Crippen MR) is 112 cm³/mol. The van der Waals surface area contributed by atoms with E-state index in [9.17, 15) is 13.6 Å². The molecular weight excluding hydrogens is 392 g/mol. The molecular formula is C22H21F2N3OS. The Hall–Kier alpha value is -2.80. The molecule has 0 spiro atoms. The molecule has 4 rings (SSSR count). The average Bonchev–Trinajstić information content (AvgIpc) is 3.35. The molecule has 1 fully saturated rings. The Morgan fingerprint density at radius 3 is 2.59 bits per heavy atom. The highest BCUT2D eigenvalue weighted by molar-refractivity contribution is 7.14. The van der Waals surface area contributed by atoms with Gasteiger partial charge in [0.05, 0.1) is 16.4 Å². The topological polar surface area (TPSA) is 45.2 Å². The van der Waals surface area contributed by atoms with Crippen LogP contribution in [-0.4, -0.2) is 24.0 Å². The van der Waals surface area contributed by atoms with Crippen LogP contribution in [0.15, 0.2) is 42.5 Å². The summed E-state index contributed by atoms with van der Waals surface area (Å²) < 4.78 is 27.6. The van der Waals surface area contributed by atoms with Gasteiger partial charge in [0, 0.05) is 19.5 Å². The number of hydrogen-bond acceptors (Lipinski definition) is 4. The van der Waals surface area contributed by atoms with Crippen LogP contribution in [-0.2, 0) is 6.42 Å². The molecule has 0 unspecified atom stereocenters. The van der Waals surface area contributed by atoms with Crippen molar-refractivity contribution in [3.63, 3.8) is 0 Å². The second-order valence-corrected chi connectivity index (χ2v) is 8.19. The predicted octanol–water partition coefficient (Wildman–Crippen LogP) is 5.17. The molecule has 2 aromatic carbocycles. The molecule has 1 N–H and O–H groups in total. The van der Waals surface area contributed by atoms with Gasteiger partial charge in [-0.2, -0.15) is 0 Å². The minimum absolute atomic E-state index is 0.215. The van der Waals surface area contributed by atoms with E-state index in [2.05, 4.69) is 15.2 Å². The molecule has 1 aromatic heterocycles. The van der Waals surface area contributed by atoms with Gasteiger partial charge in [-0.3, -0.25) is 4.79 Å². The molecule has 0 aliphatic carbocycles. The molecule has 4 nitrogen and oxygen atoms in total. The van der Waals surface area contributed by atoms with Crippen molar-refractivity contribution in [3.05, 3.63) is 75.2 Å². The highest BCUT2D eigenvalue weighted by atomic mass is 32.1. The Kier molecular flexibility index (Phi) is 5.58. The van der Waals surface area contributed by atoms with Crippen molar-refractivity contribution in [2.75, 3.05) is 23.3 Å². The van der Waals surface area contributed by atoms with Gasteiger partial charge in [-0.1, -0.05) is 18.2 Å². The summed E-state index contributed by atoms with van der Waals surface area (Å²) in [5, 5.41) is 3.52. The van der Waals surface area contributed by atoms with Gasteiger partial charge in [0.2, 0.25) is 0 Å². The van der Waals surface area contributed by atoms with E-state index in [4.69, 9.17) is 0 Å². The Morgan fingerprint density at radius 2 is 1.86 bits per heavy atom. The summed E-state index contributed by atoms with van der Waals surface area (Å²) >= 11 is 1.28. The zero-order valence-corrected chi connectivity index (χ0v) is 16.9. The Bertz CT molecular complexity index is 1030. The molecule has 0 radical (unpaired) electrons. The van der Waals surface area contributed by atoms with Crippen molar-refractivity contribution in [1.29, 1.82) is 0 Å². The van der Waals surface area contributed by atoms with Crippen LogP contribution in [0, 0.1) is 18.6 Å². The molecule has 3 aromatic rings.